The Bertz CT molecular complexity index is 362. The third-order valence-electron chi connectivity index (χ3n) is 5.79. The second kappa shape index (κ2) is 21.9. The number of carbonyl (C=O) groups excluding carboxylic acids is 1. The molecule has 0 bridgehead atoms. The van der Waals surface area contributed by atoms with Crippen molar-refractivity contribution in [3.8, 4) is 0 Å². The Hall–Kier alpha value is -0.790. The second-order valence-corrected chi connectivity index (χ2v) is 9.20. The predicted octanol–water partition coefficient (Wildman–Crippen LogP) is 8.84. The van der Waals surface area contributed by atoms with Gasteiger partial charge in [-0.25, -0.2) is 0 Å². The van der Waals surface area contributed by atoms with Gasteiger partial charge in [0.2, 0.25) is 5.91 Å². The lowest BCUT2D eigenvalue weighted by atomic mass is 10.1. The summed E-state index contributed by atoms with van der Waals surface area (Å²) in [5.41, 5.74) is 1.11. The van der Waals surface area contributed by atoms with Gasteiger partial charge in [0, 0.05) is 19.2 Å². The standard InChI is InChI=1S/C27H53NO/c1-5-7-9-11-13-15-17-19-21-23-28(27(29)25-26(3)4)24-22-20-18-16-14-12-10-8-6-2/h25H,5-24H2,1-4H3. The summed E-state index contributed by atoms with van der Waals surface area (Å²) >= 11 is 0. The zero-order chi connectivity index (χ0) is 21.6. The molecule has 2 nitrogen and oxygen atoms in total. The Morgan fingerprint density at radius 1 is 0.552 bits per heavy atom. The maximum Gasteiger partial charge on any atom is 0.246 e. The number of unbranched alkanes of at least 4 members (excludes halogenated alkanes) is 16. The molecule has 0 aliphatic heterocycles. The number of nitrogens with zero attached hydrogens (tertiary/aromatic N) is 1. The molecule has 0 rings (SSSR count). The molecule has 0 spiro atoms. The Labute approximate surface area is 183 Å². The average Bonchev–Trinajstić information content (AvgIpc) is 2.69. The zero-order valence-corrected chi connectivity index (χ0v) is 20.6. The minimum absolute atomic E-state index is 0.226. The number of hydrogen-bond acceptors (Lipinski definition) is 1. The highest BCUT2D eigenvalue weighted by Crippen LogP contribution is 2.12. The maximum atomic E-state index is 12.5. The van der Waals surface area contributed by atoms with Gasteiger partial charge < -0.3 is 4.90 Å². The van der Waals surface area contributed by atoms with Crippen LogP contribution in [0.15, 0.2) is 11.6 Å². The van der Waals surface area contributed by atoms with Crippen LogP contribution in [0.25, 0.3) is 0 Å². The SMILES string of the molecule is CCCCCCCCCCCN(CCCCCCCCCCC)C(=O)C=C(C)C. The molecular formula is C27H53NO. The fourth-order valence-corrected chi connectivity index (χ4v) is 3.90. The van der Waals surface area contributed by atoms with Gasteiger partial charge >= 0.3 is 0 Å². The Balaban J connectivity index is 3.91. The first-order valence-electron chi connectivity index (χ1n) is 13.1. The number of rotatable bonds is 21. The van der Waals surface area contributed by atoms with E-state index in [0.29, 0.717) is 0 Å². The molecule has 0 fully saturated rings. The quantitative estimate of drug-likeness (QED) is 0.137. The molecule has 0 aromatic carbocycles. The molecule has 0 saturated carbocycles. The first-order chi connectivity index (χ1) is 14.1. The molecule has 172 valence electrons. The largest absolute Gasteiger partial charge is 0.339 e. The minimum Gasteiger partial charge on any atom is -0.339 e. The van der Waals surface area contributed by atoms with E-state index in [-0.39, 0.29) is 5.91 Å². The van der Waals surface area contributed by atoms with E-state index in [0.717, 1.165) is 31.5 Å². The summed E-state index contributed by atoms with van der Waals surface area (Å²) in [6.45, 7) is 10.5. The van der Waals surface area contributed by atoms with Crippen molar-refractivity contribution in [2.75, 3.05) is 13.1 Å². The van der Waals surface area contributed by atoms with E-state index in [4.69, 9.17) is 0 Å². The number of hydrogen-bond donors (Lipinski definition) is 0. The fourth-order valence-electron chi connectivity index (χ4n) is 3.90. The van der Waals surface area contributed by atoms with Gasteiger partial charge in [-0.1, -0.05) is 122 Å². The number of allylic oxidation sites excluding steroid dienone is 1. The normalized spacial score (nSPS) is 10.9. The summed E-state index contributed by atoms with van der Waals surface area (Å²) in [7, 11) is 0. The molecule has 0 unspecified atom stereocenters. The van der Waals surface area contributed by atoms with Crippen molar-refractivity contribution in [2.45, 2.75) is 143 Å². The topological polar surface area (TPSA) is 20.3 Å². The molecule has 0 aliphatic rings. The van der Waals surface area contributed by atoms with Crippen LogP contribution in [0.2, 0.25) is 0 Å². The molecule has 1 amide bonds. The lowest BCUT2D eigenvalue weighted by Gasteiger charge is -2.21. The molecule has 0 aromatic rings. The van der Waals surface area contributed by atoms with Crippen LogP contribution in [0.5, 0.6) is 0 Å². The Morgan fingerprint density at radius 3 is 1.17 bits per heavy atom. The van der Waals surface area contributed by atoms with Gasteiger partial charge in [0.15, 0.2) is 0 Å². The summed E-state index contributed by atoms with van der Waals surface area (Å²) in [5, 5.41) is 0. The van der Waals surface area contributed by atoms with Crippen LogP contribution in [0.3, 0.4) is 0 Å². The Kier molecular flexibility index (Phi) is 21.3. The van der Waals surface area contributed by atoms with Crippen molar-refractivity contribution in [3.05, 3.63) is 11.6 Å². The van der Waals surface area contributed by atoms with E-state index in [1.165, 1.54) is 103 Å². The van der Waals surface area contributed by atoms with Crippen LogP contribution in [0.1, 0.15) is 143 Å². The van der Waals surface area contributed by atoms with E-state index in [1.807, 2.05) is 19.9 Å². The summed E-state index contributed by atoms with van der Waals surface area (Å²) in [4.78, 5) is 14.6. The molecule has 0 N–H and O–H groups in total. The van der Waals surface area contributed by atoms with Gasteiger partial charge in [-0.15, -0.1) is 0 Å². The number of amides is 1. The van der Waals surface area contributed by atoms with Crippen molar-refractivity contribution in [1.82, 2.24) is 4.90 Å². The minimum atomic E-state index is 0.226. The molecule has 0 atom stereocenters. The highest BCUT2D eigenvalue weighted by Gasteiger charge is 2.10. The second-order valence-electron chi connectivity index (χ2n) is 9.20. The molecule has 0 heterocycles. The van der Waals surface area contributed by atoms with Crippen molar-refractivity contribution in [3.63, 3.8) is 0 Å². The van der Waals surface area contributed by atoms with Gasteiger partial charge in [-0.05, 0) is 26.7 Å². The number of carbonyl (C=O) groups is 1. The highest BCUT2D eigenvalue weighted by molar-refractivity contribution is 5.88. The van der Waals surface area contributed by atoms with Gasteiger partial charge in [-0.3, -0.25) is 4.79 Å². The van der Waals surface area contributed by atoms with Crippen molar-refractivity contribution in [1.29, 1.82) is 0 Å². The van der Waals surface area contributed by atoms with Crippen LogP contribution >= 0.6 is 0 Å². The lowest BCUT2D eigenvalue weighted by Crippen LogP contribution is -2.31. The maximum absolute atomic E-state index is 12.5. The van der Waals surface area contributed by atoms with E-state index in [2.05, 4.69) is 18.7 Å². The molecule has 0 radical (unpaired) electrons. The molecule has 0 aromatic heterocycles. The predicted molar refractivity (Wildman–Crippen MR) is 130 cm³/mol. The van der Waals surface area contributed by atoms with Gasteiger partial charge in [0.1, 0.15) is 0 Å². The summed E-state index contributed by atoms with van der Waals surface area (Å²) < 4.78 is 0. The fraction of sp³-hybridized carbons (Fsp3) is 0.889. The van der Waals surface area contributed by atoms with E-state index in [9.17, 15) is 4.79 Å². The first kappa shape index (κ1) is 28.2. The molecular weight excluding hydrogens is 354 g/mol. The van der Waals surface area contributed by atoms with Crippen LogP contribution < -0.4 is 0 Å². The molecule has 0 saturated heterocycles. The van der Waals surface area contributed by atoms with Crippen molar-refractivity contribution in [2.24, 2.45) is 0 Å². The van der Waals surface area contributed by atoms with Gasteiger partial charge in [0.25, 0.3) is 0 Å². The van der Waals surface area contributed by atoms with Crippen LogP contribution in [-0.4, -0.2) is 23.9 Å². The van der Waals surface area contributed by atoms with E-state index < -0.39 is 0 Å². The smallest absolute Gasteiger partial charge is 0.246 e. The van der Waals surface area contributed by atoms with Gasteiger partial charge in [0.05, 0.1) is 0 Å². The third kappa shape index (κ3) is 20.3. The van der Waals surface area contributed by atoms with Crippen molar-refractivity contribution >= 4 is 5.91 Å². The lowest BCUT2D eigenvalue weighted by molar-refractivity contribution is -0.126. The highest BCUT2D eigenvalue weighted by atomic mass is 16.2. The molecule has 29 heavy (non-hydrogen) atoms. The van der Waals surface area contributed by atoms with Crippen LogP contribution in [0.4, 0.5) is 0 Å². The summed E-state index contributed by atoms with van der Waals surface area (Å²) in [6, 6.07) is 0. The van der Waals surface area contributed by atoms with Crippen LogP contribution in [0, 0.1) is 0 Å². The van der Waals surface area contributed by atoms with Crippen LogP contribution in [-0.2, 0) is 4.79 Å². The average molecular weight is 408 g/mol. The first-order valence-corrected chi connectivity index (χ1v) is 13.1. The van der Waals surface area contributed by atoms with E-state index in [1.54, 1.807) is 0 Å². The zero-order valence-electron chi connectivity index (χ0n) is 20.6. The third-order valence-corrected chi connectivity index (χ3v) is 5.79. The van der Waals surface area contributed by atoms with Gasteiger partial charge in [-0.2, -0.15) is 0 Å². The van der Waals surface area contributed by atoms with E-state index >= 15 is 0 Å². The summed E-state index contributed by atoms with van der Waals surface area (Å²) in [5.74, 6) is 0.226. The van der Waals surface area contributed by atoms with Crippen molar-refractivity contribution < 1.29 is 4.79 Å². The summed E-state index contributed by atoms with van der Waals surface area (Å²) in [6.07, 6.45) is 25.9. The molecule has 0 aliphatic carbocycles. The molecule has 2 heteroatoms. The monoisotopic (exact) mass is 407 g/mol. The Morgan fingerprint density at radius 2 is 0.862 bits per heavy atom.